The molecule has 0 fully saturated rings. The summed E-state index contributed by atoms with van der Waals surface area (Å²) in [5.74, 6) is 0. The highest BCUT2D eigenvalue weighted by Crippen LogP contribution is 2.39. The number of hydrogen-bond donors (Lipinski definition) is 0. The predicted octanol–water partition coefficient (Wildman–Crippen LogP) is 15.2. The van der Waals surface area contributed by atoms with Crippen LogP contribution >= 0.6 is 0 Å². The molecule has 2 heterocycles. The molecule has 0 radical (unpaired) electrons. The van der Waals surface area contributed by atoms with Gasteiger partial charge in [0.2, 0.25) is 0 Å². The lowest BCUT2D eigenvalue weighted by Crippen LogP contribution is -2.84. The quantitative estimate of drug-likeness (QED) is 0.106. The van der Waals surface area contributed by atoms with Crippen LogP contribution in [0.4, 0.5) is 0 Å². The van der Waals surface area contributed by atoms with Crippen molar-refractivity contribution in [1.82, 2.24) is 0 Å². The van der Waals surface area contributed by atoms with Crippen molar-refractivity contribution in [3.05, 3.63) is 180 Å². The minimum atomic E-state index is -1.88. The van der Waals surface area contributed by atoms with Gasteiger partial charge in [-0.3, -0.25) is 0 Å². The molecule has 0 N–H and O–H groups in total. The molecule has 1 nitrogen and oxygen atoms in total. The summed E-state index contributed by atoms with van der Waals surface area (Å²) in [6.45, 7) is 32.2. The number of pyridine rings is 1. The van der Waals surface area contributed by atoms with E-state index >= 15 is 0 Å². The van der Waals surface area contributed by atoms with Crippen LogP contribution in [0.5, 0.6) is 0 Å². The molecule has 0 amide bonds. The zero-order chi connectivity index (χ0) is 47.0. The third-order valence-corrected chi connectivity index (χ3v) is 14.0. The largest absolute Gasteiger partial charge is 0.415 e. The van der Waals surface area contributed by atoms with Crippen LogP contribution in [0.2, 0.25) is 0 Å². The second-order valence-corrected chi connectivity index (χ2v) is 22.9. The smallest absolute Gasteiger partial charge is 0.362 e. The van der Waals surface area contributed by atoms with Crippen molar-refractivity contribution >= 4 is 22.7 Å². The molecule has 2 heteroatoms. The van der Waals surface area contributed by atoms with E-state index in [2.05, 4.69) is 259 Å². The van der Waals surface area contributed by atoms with Gasteiger partial charge >= 0.3 is 6.28 Å². The van der Waals surface area contributed by atoms with Gasteiger partial charge in [0.05, 0.1) is 0 Å². The van der Waals surface area contributed by atoms with E-state index in [1.54, 1.807) is 0 Å². The second-order valence-electron chi connectivity index (χ2n) is 22.9. The van der Waals surface area contributed by atoms with Crippen molar-refractivity contribution in [2.45, 2.75) is 144 Å². The summed E-state index contributed by atoms with van der Waals surface area (Å²) in [4.78, 5) is 0. The normalized spacial score (nSPS) is 14.9. The van der Waals surface area contributed by atoms with Crippen LogP contribution in [0.1, 0.15) is 145 Å². The van der Waals surface area contributed by atoms with Crippen molar-refractivity contribution in [1.29, 1.82) is 0 Å². The second kappa shape index (κ2) is 18.4. The van der Waals surface area contributed by atoms with Gasteiger partial charge in [-0.25, -0.2) is 0 Å². The van der Waals surface area contributed by atoms with Gasteiger partial charge in [-0.2, -0.15) is 0 Å². The summed E-state index contributed by atoms with van der Waals surface area (Å²) in [5.41, 5.74) is 19.7. The Morgan fingerprint density at radius 2 is 0.692 bits per heavy atom. The number of unbranched alkanes of at least 4 members (excludes halogenated alkanes) is 3. The van der Waals surface area contributed by atoms with E-state index < -0.39 is 6.28 Å². The van der Waals surface area contributed by atoms with Crippen LogP contribution in [0.3, 0.4) is 0 Å². The summed E-state index contributed by atoms with van der Waals surface area (Å²) >= 11 is 0. The molecule has 1 aliphatic rings. The zero-order valence-electron chi connectivity index (χ0n) is 42.4. The molecule has 0 unspecified atom stereocenters. The fourth-order valence-corrected chi connectivity index (χ4v) is 10.2. The summed E-state index contributed by atoms with van der Waals surface area (Å²) in [5, 5.41) is 0. The molecule has 7 aromatic rings. The monoisotopic (exact) mass is 858 g/mol. The Morgan fingerprint density at radius 3 is 1.05 bits per heavy atom. The number of rotatable bonds is 8. The lowest BCUT2D eigenvalue weighted by molar-refractivity contribution is -0.539. The van der Waals surface area contributed by atoms with E-state index in [4.69, 9.17) is 0 Å². The van der Waals surface area contributed by atoms with Gasteiger partial charge in [0, 0.05) is 0 Å². The molecule has 0 saturated heterocycles. The maximum atomic E-state index is 2.58. The molecule has 65 heavy (non-hydrogen) atoms. The Hall–Kier alpha value is -5.47. The van der Waals surface area contributed by atoms with Crippen molar-refractivity contribution in [2.75, 3.05) is 0 Å². The summed E-state index contributed by atoms with van der Waals surface area (Å²) in [6, 6.07) is 56.3. The van der Waals surface area contributed by atoms with Gasteiger partial charge in [-0.1, -0.05) is 256 Å². The maximum absolute atomic E-state index is 2.58. The Labute approximate surface area is 394 Å². The number of benzene rings is 6. The molecule has 0 saturated carbocycles. The lowest BCUT2D eigenvalue weighted by Gasteiger charge is -2.39. The van der Waals surface area contributed by atoms with Gasteiger partial charge in [0.25, 0.3) is 0 Å². The molecule has 1 aliphatic heterocycles. The molecule has 0 spiro atoms. The fraction of sp³-hybridized carbons (Fsp3) is 0.349. The molecule has 1 atom stereocenters. The van der Waals surface area contributed by atoms with Gasteiger partial charge in [0.1, 0.15) is 12.4 Å². The number of aromatic nitrogens is 1. The molecular formula is C63H76BN. The maximum Gasteiger partial charge on any atom is 0.362 e. The number of hydrogen-bond acceptors (Lipinski definition) is 0. The van der Waals surface area contributed by atoms with Crippen molar-refractivity contribution in [3.8, 4) is 44.5 Å². The van der Waals surface area contributed by atoms with E-state index in [9.17, 15) is 0 Å². The summed E-state index contributed by atoms with van der Waals surface area (Å²) in [6.07, 6.45) is 8.31. The summed E-state index contributed by atoms with van der Waals surface area (Å²) in [7, 11) is 0. The van der Waals surface area contributed by atoms with Crippen molar-refractivity contribution in [3.63, 3.8) is 0 Å². The molecule has 0 bridgehead atoms. The van der Waals surface area contributed by atoms with Crippen LogP contribution < -0.4 is 20.9 Å². The molecule has 6 aromatic carbocycles. The van der Waals surface area contributed by atoms with Crippen LogP contribution in [-0.4, -0.2) is 6.28 Å². The van der Waals surface area contributed by atoms with Crippen LogP contribution in [0, 0.1) is 0 Å². The molecule has 1 aromatic heterocycles. The molecule has 8 rings (SSSR count). The van der Waals surface area contributed by atoms with E-state index in [-0.39, 0.29) is 21.7 Å². The van der Waals surface area contributed by atoms with Gasteiger partial charge in [-0.15, -0.1) is 16.4 Å². The predicted molar refractivity (Wildman–Crippen MR) is 286 cm³/mol. The zero-order valence-corrected chi connectivity index (χ0v) is 42.4. The third kappa shape index (κ3) is 9.47. The first-order valence-electron chi connectivity index (χ1n) is 24.6. The van der Waals surface area contributed by atoms with E-state index in [1.165, 1.54) is 109 Å². The van der Waals surface area contributed by atoms with Crippen molar-refractivity contribution < 1.29 is 4.48 Å². The third-order valence-electron chi connectivity index (χ3n) is 14.0. The van der Waals surface area contributed by atoms with Gasteiger partial charge in [-0.05, 0) is 101 Å². The highest BCUT2D eigenvalue weighted by atomic mass is 14.9. The first-order valence-corrected chi connectivity index (χ1v) is 24.6. The molecular weight excluding hydrogens is 782 g/mol. The SMILES string of the molecule is CC(C)(C)c1ccc(-c2cccc(-c3ccc(C(C)(C)C)cc3)c2[B@@-]2([n+]3ccccc3)c3cc(C(C)(C)C)ccc3-c3cccc(-c4ccc(C(C)(C)C)cc4)c32)cc1.CCCCCC. The minimum absolute atomic E-state index is 0.0488. The van der Waals surface area contributed by atoms with E-state index in [0.717, 1.165) is 0 Å². The topological polar surface area (TPSA) is 3.88 Å². The molecule has 0 aliphatic carbocycles. The van der Waals surface area contributed by atoms with Crippen LogP contribution in [-0.2, 0) is 21.7 Å². The average Bonchev–Trinajstić information content (AvgIpc) is 3.58. The highest BCUT2D eigenvalue weighted by molar-refractivity contribution is 7.10. The standard InChI is InChI=1S/C57H62BN.C6H14/c1-54(2,3)42-28-22-39(23-29-42)46-18-16-19-47(40-24-30-43(31-25-40)55(4,5)6)52(46)58(59-36-14-13-15-37-59)51-38-45(57(10,11)12)34-35-49(51)50-21-17-20-48(53(50)58)41-26-32-44(33-27-41)56(7,8)9;1-3-5-6-4-2/h13-38H,1-12H3;3-6H2,1-2H3/t58-;/m0./s1. The fourth-order valence-electron chi connectivity index (χ4n) is 10.2. The first kappa shape index (κ1) is 47.5. The van der Waals surface area contributed by atoms with Gasteiger partial charge in [0.15, 0.2) is 0 Å². The Kier molecular flexibility index (Phi) is 13.5. The van der Waals surface area contributed by atoms with Gasteiger partial charge < -0.3 is 4.48 Å². The van der Waals surface area contributed by atoms with E-state index in [0.29, 0.717) is 0 Å². The lowest BCUT2D eigenvalue weighted by atomic mass is 9.23. The van der Waals surface area contributed by atoms with Crippen molar-refractivity contribution in [2.24, 2.45) is 0 Å². The molecule has 336 valence electrons. The number of fused-ring (bicyclic) bond motifs is 3. The van der Waals surface area contributed by atoms with E-state index in [1.807, 2.05) is 0 Å². The van der Waals surface area contributed by atoms with Crippen LogP contribution in [0.15, 0.2) is 158 Å². The van der Waals surface area contributed by atoms with Crippen LogP contribution in [0.25, 0.3) is 44.5 Å². The Bertz CT molecular complexity index is 2630. The Balaban J connectivity index is 0.000000984. The minimum Gasteiger partial charge on any atom is -0.415 e. The first-order chi connectivity index (χ1) is 30.7. The average molecular weight is 858 g/mol. The summed E-state index contributed by atoms with van der Waals surface area (Å²) < 4.78 is 2.58. The Morgan fingerprint density at radius 1 is 0.354 bits per heavy atom. The highest BCUT2D eigenvalue weighted by Gasteiger charge is 2.52. The number of nitrogens with zero attached hydrogens (tertiary/aromatic N) is 1.